The van der Waals surface area contributed by atoms with E-state index >= 15 is 0 Å². The van der Waals surface area contributed by atoms with Gasteiger partial charge in [-0.25, -0.2) is 0 Å². The topological polar surface area (TPSA) is 0 Å². The summed E-state index contributed by atoms with van der Waals surface area (Å²) in [5, 5.41) is 0. The fourth-order valence-corrected chi connectivity index (χ4v) is 1.31. The van der Waals surface area contributed by atoms with Crippen LogP contribution in [0.15, 0.2) is 0 Å². The Morgan fingerprint density at radius 3 is 1.00 bits per heavy atom. The molecular weight excluding hydrogens is 163 g/mol. The van der Waals surface area contributed by atoms with Crippen LogP contribution >= 0.6 is 0 Å². The minimum absolute atomic E-state index is 0. The summed E-state index contributed by atoms with van der Waals surface area (Å²) in [6.07, 6.45) is 5.51. The average Bonchev–Trinajstić information content (AvgIpc) is 1.76. The Balaban J connectivity index is 0. The summed E-state index contributed by atoms with van der Waals surface area (Å²) in [6, 6.07) is 0. The van der Waals surface area contributed by atoms with Gasteiger partial charge in [0.1, 0.15) is 0 Å². The van der Waals surface area contributed by atoms with Gasteiger partial charge in [-0.05, 0) is 23.7 Å². The quantitative estimate of drug-likeness (QED) is 0.561. The number of hydrogen-bond acceptors (Lipinski definition) is 0. The van der Waals surface area contributed by atoms with Gasteiger partial charge in [0.2, 0.25) is 0 Å². The second-order valence-electron chi connectivity index (χ2n) is 6.33. The molecule has 0 N–H and O–H groups in total. The van der Waals surface area contributed by atoms with E-state index in [1.54, 1.807) is 0 Å². The van der Waals surface area contributed by atoms with E-state index in [1.165, 1.54) is 25.7 Å². The Morgan fingerprint density at radius 2 is 0.846 bits per heavy atom. The van der Waals surface area contributed by atoms with Crippen molar-refractivity contribution in [3.63, 3.8) is 0 Å². The van der Waals surface area contributed by atoms with E-state index in [2.05, 4.69) is 41.5 Å². The highest BCUT2D eigenvalue weighted by molar-refractivity contribution is 4.64. The summed E-state index contributed by atoms with van der Waals surface area (Å²) >= 11 is 0. The number of hydrogen-bond donors (Lipinski definition) is 0. The SMILES string of the molecule is CC(C)(C)CCCCC(C)(C)C.F. The molecule has 1 heteroatoms. The second kappa shape index (κ2) is 5.62. The van der Waals surface area contributed by atoms with Crippen LogP contribution in [0, 0.1) is 10.8 Å². The van der Waals surface area contributed by atoms with Crippen LogP contribution in [0.4, 0.5) is 4.70 Å². The Morgan fingerprint density at radius 1 is 0.615 bits per heavy atom. The maximum Gasteiger partial charge on any atom is -0.0383 e. The van der Waals surface area contributed by atoms with Gasteiger partial charge < -0.3 is 0 Å². The Hall–Kier alpha value is -0.0700. The van der Waals surface area contributed by atoms with E-state index in [9.17, 15) is 0 Å². The number of halogens is 1. The molecule has 0 radical (unpaired) electrons. The van der Waals surface area contributed by atoms with E-state index in [0.29, 0.717) is 10.8 Å². The van der Waals surface area contributed by atoms with Crippen LogP contribution in [0.5, 0.6) is 0 Å². The van der Waals surface area contributed by atoms with Crippen LogP contribution in [-0.4, -0.2) is 0 Å². The number of unbranched alkanes of at least 4 members (excludes halogenated alkanes) is 1. The van der Waals surface area contributed by atoms with Crippen molar-refractivity contribution in [3.05, 3.63) is 0 Å². The van der Waals surface area contributed by atoms with Crippen molar-refractivity contribution in [2.75, 3.05) is 0 Å². The lowest BCUT2D eigenvalue weighted by molar-refractivity contribution is 0.318. The van der Waals surface area contributed by atoms with Crippen molar-refractivity contribution in [2.45, 2.75) is 67.2 Å². The molecule has 0 aliphatic rings. The Kier molecular flexibility index (Phi) is 6.65. The Bertz CT molecular complexity index is 98.1. The molecule has 0 fully saturated rings. The highest BCUT2D eigenvalue weighted by Gasteiger charge is 2.12. The van der Waals surface area contributed by atoms with Gasteiger partial charge in [0.05, 0.1) is 0 Å². The van der Waals surface area contributed by atoms with Gasteiger partial charge in [0.15, 0.2) is 0 Å². The van der Waals surface area contributed by atoms with E-state index in [-0.39, 0.29) is 4.70 Å². The van der Waals surface area contributed by atoms with Crippen molar-refractivity contribution in [3.8, 4) is 0 Å². The third-order valence-electron chi connectivity index (χ3n) is 2.10. The Labute approximate surface area is 83.5 Å². The molecule has 0 atom stereocenters. The van der Waals surface area contributed by atoms with Gasteiger partial charge in [-0.3, -0.25) is 4.70 Å². The number of rotatable bonds is 3. The van der Waals surface area contributed by atoms with E-state index in [0.717, 1.165) is 0 Å². The molecule has 0 amide bonds. The molecule has 0 nitrogen and oxygen atoms in total. The third-order valence-corrected chi connectivity index (χ3v) is 2.10. The monoisotopic (exact) mass is 190 g/mol. The molecule has 0 aromatic carbocycles. The van der Waals surface area contributed by atoms with Gasteiger partial charge in [-0.15, -0.1) is 0 Å². The zero-order chi connectivity index (χ0) is 9.83. The summed E-state index contributed by atoms with van der Waals surface area (Å²) in [7, 11) is 0. The minimum atomic E-state index is 0. The highest BCUT2D eigenvalue weighted by atomic mass is 19.0. The molecule has 0 aromatic heterocycles. The summed E-state index contributed by atoms with van der Waals surface area (Å²) in [5.41, 5.74) is 1.05. The highest BCUT2D eigenvalue weighted by Crippen LogP contribution is 2.26. The molecule has 0 rings (SSSR count). The summed E-state index contributed by atoms with van der Waals surface area (Å²) in [5.74, 6) is 0. The predicted molar refractivity (Wildman–Crippen MR) is 59.9 cm³/mol. The van der Waals surface area contributed by atoms with Crippen LogP contribution in [0.1, 0.15) is 67.2 Å². The second-order valence-corrected chi connectivity index (χ2v) is 6.33. The van der Waals surface area contributed by atoms with Gasteiger partial charge in [0.25, 0.3) is 0 Å². The van der Waals surface area contributed by atoms with Gasteiger partial charge in [-0.2, -0.15) is 0 Å². The molecule has 0 aromatic rings. The maximum atomic E-state index is 2.32. The van der Waals surface area contributed by atoms with Crippen molar-refractivity contribution in [2.24, 2.45) is 10.8 Å². The predicted octanol–water partition coefficient (Wildman–Crippen LogP) is 4.79. The summed E-state index contributed by atoms with van der Waals surface area (Å²) in [6.45, 7) is 13.9. The molecule has 13 heavy (non-hydrogen) atoms. The molecule has 82 valence electrons. The van der Waals surface area contributed by atoms with Crippen LogP contribution < -0.4 is 0 Å². The summed E-state index contributed by atoms with van der Waals surface area (Å²) < 4.78 is 0. The van der Waals surface area contributed by atoms with Crippen molar-refractivity contribution in [1.29, 1.82) is 0 Å². The lowest BCUT2D eigenvalue weighted by Gasteiger charge is -2.21. The van der Waals surface area contributed by atoms with Gasteiger partial charge in [0, 0.05) is 0 Å². The maximum absolute atomic E-state index is 2.32. The fourth-order valence-electron chi connectivity index (χ4n) is 1.31. The normalized spacial score (nSPS) is 12.5. The standard InChI is InChI=1S/C12H26.FH/c1-11(2,3)9-7-8-10-12(4,5)6;/h7-10H2,1-6H3;1H. The van der Waals surface area contributed by atoms with Crippen molar-refractivity contribution < 1.29 is 4.70 Å². The van der Waals surface area contributed by atoms with Crippen LogP contribution in [0.2, 0.25) is 0 Å². The van der Waals surface area contributed by atoms with Crippen LogP contribution in [0.25, 0.3) is 0 Å². The first-order valence-electron chi connectivity index (χ1n) is 5.21. The molecule has 0 saturated heterocycles. The van der Waals surface area contributed by atoms with E-state index in [4.69, 9.17) is 0 Å². The van der Waals surface area contributed by atoms with Gasteiger partial charge in [-0.1, -0.05) is 54.4 Å². The minimum Gasteiger partial charge on any atom is -0.269 e. The summed E-state index contributed by atoms with van der Waals surface area (Å²) in [4.78, 5) is 0. The van der Waals surface area contributed by atoms with E-state index < -0.39 is 0 Å². The molecule has 0 saturated carbocycles. The molecule has 0 bridgehead atoms. The van der Waals surface area contributed by atoms with E-state index in [1.807, 2.05) is 0 Å². The third kappa shape index (κ3) is 14.8. The fraction of sp³-hybridized carbons (Fsp3) is 1.00. The largest absolute Gasteiger partial charge is 0.269 e. The first-order valence-corrected chi connectivity index (χ1v) is 5.21. The lowest BCUT2D eigenvalue weighted by Crippen LogP contribution is -2.07. The molecular formula is C12H27F. The molecule has 0 spiro atoms. The lowest BCUT2D eigenvalue weighted by atomic mass is 9.85. The first-order chi connectivity index (χ1) is 5.21. The van der Waals surface area contributed by atoms with Gasteiger partial charge >= 0.3 is 0 Å². The average molecular weight is 190 g/mol. The first kappa shape index (κ1) is 15.4. The van der Waals surface area contributed by atoms with Crippen LogP contribution in [0.3, 0.4) is 0 Å². The molecule has 0 aliphatic carbocycles. The molecule has 0 aliphatic heterocycles. The molecule has 0 heterocycles. The van der Waals surface area contributed by atoms with Crippen LogP contribution in [-0.2, 0) is 0 Å². The van der Waals surface area contributed by atoms with Crippen molar-refractivity contribution in [1.82, 2.24) is 0 Å². The smallest absolute Gasteiger partial charge is 0.0383 e. The zero-order valence-electron chi connectivity index (χ0n) is 10.2. The molecule has 0 unspecified atom stereocenters. The van der Waals surface area contributed by atoms with Crippen molar-refractivity contribution >= 4 is 0 Å². The zero-order valence-corrected chi connectivity index (χ0v) is 10.2.